The first-order chi connectivity index (χ1) is 24.1. The van der Waals surface area contributed by atoms with E-state index >= 15 is 0 Å². The molecule has 12 heteroatoms. The minimum Gasteiger partial charge on any atom is -0.506 e. The van der Waals surface area contributed by atoms with Crippen molar-refractivity contribution in [3.05, 3.63) is 101 Å². The molecule has 1 aliphatic carbocycles. The molecule has 0 radical (unpaired) electrons. The third-order valence-electron chi connectivity index (χ3n) is 10.1. The van der Waals surface area contributed by atoms with Crippen molar-refractivity contribution < 1.29 is 53.5 Å². The number of carboxylic acids is 1. The van der Waals surface area contributed by atoms with Crippen LogP contribution < -0.4 is 14.2 Å². The summed E-state index contributed by atoms with van der Waals surface area (Å²) in [7, 11) is 0. The molecule has 274 valence electrons. The van der Waals surface area contributed by atoms with Crippen LogP contribution in [0.15, 0.2) is 33.8 Å². The predicted octanol–water partition coefficient (Wildman–Crippen LogP) is 7.43. The third-order valence-corrected chi connectivity index (χ3v) is 10.8. The number of esters is 3. The van der Waals surface area contributed by atoms with Crippen molar-refractivity contribution in [1.82, 2.24) is 0 Å². The maximum atomic E-state index is 13.7. The molecule has 3 aromatic carbocycles. The van der Waals surface area contributed by atoms with Gasteiger partial charge in [0.1, 0.15) is 27.3 Å². The first-order valence-corrected chi connectivity index (χ1v) is 17.2. The van der Waals surface area contributed by atoms with Gasteiger partial charge in [-0.05, 0) is 171 Å². The number of carbonyl (C=O) groups is 5. The van der Waals surface area contributed by atoms with Crippen molar-refractivity contribution in [2.75, 3.05) is 0 Å². The van der Waals surface area contributed by atoms with Gasteiger partial charge >= 0.3 is 23.9 Å². The van der Waals surface area contributed by atoms with Crippen LogP contribution in [-0.2, 0) is 16.0 Å². The molecule has 1 aliphatic rings. The van der Waals surface area contributed by atoms with E-state index in [1.54, 1.807) is 48.5 Å². The van der Waals surface area contributed by atoms with Gasteiger partial charge in [0.15, 0.2) is 11.5 Å². The molecule has 0 fully saturated rings. The van der Waals surface area contributed by atoms with Gasteiger partial charge < -0.3 is 29.5 Å². The molecule has 0 saturated heterocycles. The minimum atomic E-state index is -2.22. The standard InChI is InChI=1S/C40H41BrO11/c1-12-27-25(11)30(36(44)45)21(7)23(9)34(27)51-37(46)29-16(2)13-28(19(5)20(29)6)50-38(47)31-22(8)24(10)35(32(41)33(31)43)52-39(48)40(49)17(3)14-26(42)15-18(40)4/h13-15,43,49H,12H2,1-11H3,(H,44,45). The highest BCUT2D eigenvalue weighted by atomic mass is 79.9. The molecule has 11 nitrogen and oxygen atoms in total. The third kappa shape index (κ3) is 6.56. The Labute approximate surface area is 310 Å². The maximum absolute atomic E-state index is 13.7. The van der Waals surface area contributed by atoms with E-state index in [4.69, 9.17) is 14.2 Å². The van der Waals surface area contributed by atoms with Gasteiger partial charge in [-0.15, -0.1) is 0 Å². The van der Waals surface area contributed by atoms with Crippen molar-refractivity contribution in [2.45, 2.75) is 88.2 Å². The second-order valence-corrected chi connectivity index (χ2v) is 13.9. The minimum absolute atomic E-state index is 0.0677. The van der Waals surface area contributed by atoms with Crippen molar-refractivity contribution in [2.24, 2.45) is 0 Å². The number of aromatic carboxylic acids is 1. The second-order valence-electron chi connectivity index (χ2n) is 13.1. The fourth-order valence-electron chi connectivity index (χ4n) is 6.60. The Hall–Kier alpha value is -5.07. The fourth-order valence-corrected chi connectivity index (χ4v) is 7.17. The van der Waals surface area contributed by atoms with E-state index in [0.717, 1.165) is 12.2 Å². The summed E-state index contributed by atoms with van der Waals surface area (Å²) in [5, 5.41) is 32.2. The number of allylic oxidation sites excluding steroid dienone is 2. The number of aromatic hydroxyl groups is 1. The summed E-state index contributed by atoms with van der Waals surface area (Å²) in [6, 6.07) is 1.51. The molecule has 0 amide bonds. The monoisotopic (exact) mass is 776 g/mol. The van der Waals surface area contributed by atoms with Gasteiger partial charge in [0.25, 0.3) is 0 Å². The lowest BCUT2D eigenvalue weighted by Gasteiger charge is -2.30. The van der Waals surface area contributed by atoms with Gasteiger partial charge in [-0.2, -0.15) is 0 Å². The number of phenolic OH excluding ortho intramolecular Hbond substituents is 1. The van der Waals surface area contributed by atoms with Crippen LogP contribution in [0.1, 0.15) is 102 Å². The van der Waals surface area contributed by atoms with Crippen molar-refractivity contribution >= 4 is 45.6 Å². The number of halogens is 1. The summed E-state index contributed by atoms with van der Waals surface area (Å²) >= 11 is 3.22. The highest BCUT2D eigenvalue weighted by Gasteiger charge is 2.45. The molecule has 0 aromatic heterocycles. The summed E-state index contributed by atoms with van der Waals surface area (Å²) in [4.78, 5) is 64.5. The van der Waals surface area contributed by atoms with Gasteiger partial charge in [0.2, 0.25) is 5.60 Å². The van der Waals surface area contributed by atoms with Crippen LogP contribution in [0, 0.1) is 55.4 Å². The fraction of sp³-hybridized carbons (Fsp3) is 0.325. The first-order valence-electron chi connectivity index (χ1n) is 16.4. The van der Waals surface area contributed by atoms with Crippen LogP contribution in [0.4, 0.5) is 0 Å². The van der Waals surface area contributed by atoms with Crippen molar-refractivity contribution in [1.29, 1.82) is 0 Å². The largest absolute Gasteiger partial charge is 0.506 e. The van der Waals surface area contributed by atoms with E-state index in [1.807, 2.05) is 6.92 Å². The van der Waals surface area contributed by atoms with Crippen molar-refractivity contribution in [3.63, 3.8) is 0 Å². The van der Waals surface area contributed by atoms with Crippen LogP contribution in [0.25, 0.3) is 0 Å². The molecule has 0 aliphatic heterocycles. The quantitative estimate of drug-likeness (QED) is 0.153. The normalized spacial score (nSPS) is 13.7. The van der Waals surface area contributed by atoms with Crippen LogP contribution in [-0.4, -0.2) is 50.6 Å². The number of phenols is 1. The van der Waals surface area contributed by atoms with Gasteiger partial charge in [-0.3, -0.25) is 4.79 Å². The molecule has 0 spiro atoms. The van der Waals surface area contributed by atoms with E-state index in [-0.39, 0.29) is 60.7 Å². The summed E-state index contributed by atoms with van der Waals surface area (Å²) < 4.78 is 17.2. The number of hydrogen-bond donors (Lipinski definition) is 3. The van der Waals surface area contributed by atoms with E-state index in [0.29, 0.717) is 51.1 Å². The van der Waals surface area contributed by atoms with Crippen LogP contribution >= 0.6 is 15.9 Å². The molecular weight excluding hydrogens is 736 g/mol. The molecule has 0 unspecified atom stereocenters. The topological polar surface area (TPSA) is 174 Å². The molecule has 52 heavy (non-hydrogen) atoms. The zero-order chi connectivity index (χ0) is 39.3. The number of aryl methyl sites for hydroxylation is 1. The zero-order valence-corrected chi connectivity index (χ0v) is 32.5. The number of ketones is 1. The summed E-state index contributed by atoms with van der Waals surface area (Å²) in [5.74, 6) is -4.41. The van der Waals surface area contributed by atoms with E-state index in [1.165, 1.54) is 26.8 Å². The molecule has 3 N–H and O–H groups in total. The average Bonchev–Trinajstić information content (AvgIpc) is 3.05. The van der Waals surface area contributed by atoms with Gasteiger partial charge in [0, 0.05) is 0 Å². The van der Waals surface area contributed by atoms with Crippen LogP contribution in [0.5, 0.6) is 23.0 Å². The number of aliphatic hydroxyl groups is 1. The van der Waals surface area contributed by atoms with Gasteiger partial charge in [0.05, 0.1) is 11.1 Å². The van der Waals surface area contributed by atoms with E-state index in [2.05, 4.69) is 15.9 Å². The molecular formula is C40H41BrO11. The summed E-state index contributed by atoms with van der Waals surface area (Å²) in [6.45, 7) is 17.9. The predicted molar refractivity (Wildman–Crippen MR) is 196 cm³/mol. The number of benzene rings is 3. The first kappa shape index (κ1) is 39.7. The van der Waals surface area contributed by atoms with Gasteiger partial charge in [-0.1, -0.05) is 6.92 Å². The molecule has 0 atom stereocenters. The smallest absolute Gasteiger partial charge is 0.352 e. The average molecular weight is 778 g/mol. The highest BCUT2D eigenvalue weighted by molar-refractivity contribution is 9.10. The van der Waals surface area contributed by atoms with E-state index in [9.17, 15) is 39.3 Å². The molecule has 0 heterocycles. The Kier molecular flexibility index (Phi) is 11.1. The Balaban J connectivity index is 1.67. The SMILES string of the molecule is CCc1c(C)c(C(=O)O)c(C)c(C)c1OC(=O)c1c(C)cc(OC(=O)c2c(C)c(C)c(OC(=O)C3(O)C(C)=CC(=O)C=C3C)c(Br)c2O)c(C)c1C. The van der Waals surface area contributed by atoms with Gasteiger partial charge in [-0.25, -0.2) is 19.2 Å². The number of rotatable bonds is 8. The highest BCUT2D eigenvalue weighted by Crippen LogP contribution is 2.44. The summed E-state index contributed by atoms with van der Waals surface area (Å²) in [6.07, 6.45) is 2.70. The lowest BCUT2D eigenvalue weighted by molar-refractivity contribution is -0.148. The van der Waals surface area contributed by atoms with Crippen LogP contribution in [0.3, 0.4) is 0 Å². The maximum Gasteiger partial charge on any atom is 0.352 e. The number of carboxylic acid groups (broad SMARTS) is 1. The Bertz CT molecular complexity index is 2140. The Morgan fingerprint density at radius 1 is 0.692 bits per heavy atom. The summed E-state index contributed by atoms with van der Waals surface area (Å²) in [5.41, 5.74) is 2.22. The van der Waals surface area contributed by atoms with Crippen LogP contribution in [0.2, 0.25) is 0 Å². The molecule has 3 aromatic rings. The number of hydrogen-bond acceptors (Lipinski definition) is 10. The lowest BCUT2D eigenvalue weighted by atomic mass is 9.82. The molecule has 0 bridgehead atoms. The Morgan fingerprint density at radius 3 is 1.73 bits per heavy atom. The van der Waals surface area contributed by atoms with Crippen molar-refractivity contribution in [3.8, 4) is 23.0 Å². The zero-order valence-electron chi connectivity index (χ0n) is 30.9. The number of ether oxygens (including phenoxy) is 3. The molecule has 0 saturated carbocycles. The lowest BCUT2D eigenvalue weighted by Crippen LogP contribution is -2.46. The van der Waals surface area contributed by atoms with E-state index < -0.39 is 35.2 Å². The molecule has 4 rings (SSSR count). The number of carbonyl (C=O) groups excluding carboxylic acids is 4. The Morgan fingerprint density at radius 2 is 1.19 bits per heavy atom. The second kappa shape index (κ2) is 14.5.